The van der Waals surface area contributed by atoms with E-state index in [2.05, 4.69) is 9.46 Å². The number of likely N-dealkylation sites (tertiary alicyclic amines) is 1. The number of carbonyl (C=O) groups excluding carboxylic acids is 2. The highest BCUT2D eigenvalue weighted by Gasteiger charge is 2.35. The van der Waals surface area contributed by atoms with Gasteiger partial charge in [0.25, 0.3) is 0 Å². The number of fused-ring (bicyclic) bond motifs is 1. The Morgan fingerprint density at radius 2 is 1.87 bits per heavy atom. The predicted molar refractivity (Wildman–Crippen MR) is 140 cm³/mol. The number of esters is 1. The number of nitrogen functional groups attached to an aromatic ring is 1. The topological polar surface area (TPSA) is 161 Å². The molecule has 0 aromatic heterocycles. The van der Waals surface area contributed by atoms with Crippen molar-refractivity contribution in [1.82, 2.24) is 9.62 Å². The molecule has 3 aromatic rings. The van der Waals surface area contributed by atoms with Crippen LogP contribution in [0.25, 0.3) is 10.8 Å². The van der Waals surface area contributed by atoms with Crippen LogP contribution in [-0.2, 0) is 30.9 Å². The molecule has 0 bridgehead atoms. The molecular formula is C26H28N4O7S. The zero-order valence-electron chi connectivity index (χ0n) is 20.9. The van der Waals surface area contributed by atoms with Gasteiger partial charge in [0, 0.05) is 24.2 Å². The molecule has 11 nitrogen and oxygen atoms in total. The van der Waals surface area contributed by atoms with Gasteiger partial charge in [0.2, 0.25) is 15.9 Å². The predicted octanol–water partition coefficient (Wildman–Crippen LogP) is 1.76. The smallest absolute Gasteiger partial charge is 0.343 e. The number of amidine groups is 1. The fourth-order valence-corrected chi connectivity index (χ4v) is 5.43. The summed E-state index contributed by atoms with van der Waals surface area (Å²) < 4.78 is 44.2. The molecule has 12 heteroatoms. The minimum absolute atomic E-state index is 0.0390. The summed E-state index contributed by atoms with van der Waals surface area (Å²) in [7, 11) is -1.22. The fourth-order valence-electron chi connectivity index (χ4n) is 4.17. The van der Waals surface area contributed by atoms with Crippen molar-refractivity contribution in [3.63, 3.8) is 0 Å². The van der Waals surface area contributed by atoms with Gasteiger partial charge in [-0.3, -0.25) is 10.2 Å². The zero-order valence-corrected chi connectivity index (χ0v) is 21.7. The molecular weight excluding hydrogens is 512 g/mol. The van der Waals surface area contributed by atoms with E-state index in [1.165, 1.54) is 31.3 Å². The number of methoxy groups -OCH3 is 2. The van der Waals surface area contributed by atoms with E-state index in [1.807, 2.05) is 6.07 Å². The average molecular weight is 541 g/mol. The molecule has 0 radical (unpaired) electrons. The largest absolute Gasteiger partial charge is 0.497 e. The molecule has 1 aliphatic heterocycles. The first-order valence-corrected chi connectivity index (χ1v) is 13.2. The lowest BCUT2D eigenvalue weighted by atomic mass is 10.1. The van der Waals surface area contributed by atoms with Crippen molar-refractivity contribution in [2.45, 2.75) is 23.9 Å². The molecule has 1 heterocycles. The molecule has 200 valence electrons. The molecule has 4 rings (SSSR count). The molecule has 0 aliphatic carbocycles. The third kappa shape index (κ3) is 5.87. The van der Waals surface area contributed by atoms with Crippen molar-refractivity contribution in [2.75, 3.05) is 27.4 Å². The maximum atomic E-state index is 13.2. The van der Waals surface area contributed by atoms with Crippen LogP contribution < -0.4 is 19.9 Å². The Kier molecular flexibility index (Phi) is 7.83. The third-order valence-electron chi connectivity index (χ3n) is 6.23. The molecule has 1 fully saturated rings. The summed E-state index contributed by atoms with van der Waals surface area (Å²) in [5.41, 5.74) is 6.55. The van der Waals surface area contributed by atoms with Gasteiger partial charge in [-0.1, -0.05) is 12.1 Å². The van der Waals surface area contributed by atoms with Gasteiger partial charge in [-0.25, -0.2) is 13.2 Å². The monoisotopic (exact) mass is 540 g/mol. The van der Waals surface area contributed by atoms with Gasteiger partial charge in [0.15, 0.2) is 6.61 Å². The van der Waals surface area contributed by atoms with Crippen LogP contribution in [0.5, 0.6) is 11.5 Å². The van der Waals surface area contributed by atoms with Crippen molar-refractivity contribution in [3.8, 4) is 11.5 Å². The van der Waals surface area contributed by atoms with Gasteiger partial charge in [-0.2, -0.15) is 4.72 Å². The third-order valence-corrected chi connectivity index (χ3v) is 7.70. The Balaban J connectivity index is 1.51. The number of nitrogens with one attached hydrogen (secondary N) is 2. The fraction of sp³-hybridized carbons (Fsp3) is 0.269. The minimum Gasteiger partial charge on any atom is -0.497 e. The lowest BCUT2D eigenvalue weighted by molar-refractivity contribution is -0.143. The number of nitrogens with zero attached hydrogens (tertiary/aromatic N) is 1. The minimum atomic E-state index is -3.99. The van der Waals surface area contributed by atoms with Crippen LogP contribution in [0.1, 0.15) is 17.5 Å². The summed E-state index contributed by atoms with van der Waals surface area (Å²) in [4.78, 5) is 26.2. The van der Waals surface area contributed by atoms with Crippen molar-refractivity contribution in [2.24, 2.45) is 5.73 Å². The van der Waals surface area contributed by atoms with Crippen LogP contribution >= 0.6 is 0 Å². The second kappa shape index (κ2) is 11.1. The summed E-state index contributed by atoms with van der Waals surface area (Å²) in [6.07, 6.45) is 0.268. The Labute approximate surface area is 220 Å². The number of hydrogen-bond acceptors (Lipinski definition) is 8. The first kappa shape index (κ1) is 26.9. The number of nitrogens with two attached hydrogens (primary N) is 1. The second-order valence-electron chi connectivity index (χ2n) is 8.70. The van der Waals surface area contributed by atoms with Crippen LogP contribution in [0.15, 0.2) is 59.5 Å². The van der Waals surface area contributed by atoms with Crippen molar-refractivity contribution in [3.05, 3.63) is 65.7 Å². The highest BCUT2D eigenvalue weighted by atomic mass is 32.2. The molecule has 38 heavy (non-hydrogen) atoms. The summed E-state index contributed by atoms with van der Waals surface area (Å²) in [6.45, 7) is 0.0308. The maximum absolute atomic E-state index is 13.2. The van der Waals surface area contributed by atoms with Gasteiger partial charge >= 0.3 is 5.97 Å². The Morgan fingerprint density at radius 3 is 2.58 bits per heavy atom. The second-order valence-corrected chi connectivity index (χ2v) is 10.4. The van der Waals surface area contributed by atoms with E-state index in [4.69, 9.17) is 20.6 Å². The number of amides is 1. The molecule has 3 aromatic carbocycles. The van der Waals surface area contributed by atoms with Crippen LogP contribution in [0.3, 0.4) is 0 Å². The summed E-state index contributed by atoms with van der Waals surface area (Å²) in [6, 6.07) is 13.9. The molecule has 4 N–H and O–H groups in total. The van der Waals surface area contributed by atoms with Gasteiger partial charge in [0.05, 0.1) is 19.1 Å². The molecule has 1 saturated heterocycles. The van der Waals surface area contributed by atoms with E-state index >= 15 is 0 Å². The Hall–Kier alpha value is -4.16. The summed E-state index contributed by atoms with van der Waals surface area (Å²) in [5.74, 6) is -0.222. The van der Waals surface area contributed by atoms with E-state index in [-0.39, 0.29) is 30.3 Å². The number of hydrogen-bond donors (Lipinski definition) is 3. The number of benzene rings is 3. The Bertz CT molecular complexity index is 1510. The van der Waals surface area contributed by atoms with Crippen molar-refractivity contribution < 1.29 is 32.2 Å². The normalized spacial score (nSPS) is 15.5. The van der Waals surface area contributed by atoms with Crippen LogP contribution in [0.2, 0.25) is 0 Å². The molecule has 1 amide bonds. The molecule has 1 unspecified atom stereocenters. The standard InChI is InChI=1S/C26H28N4O7S/c1-35-20-6-3-16-4-7-21(13-18(16)12-20)38(33,34)29-22-9-10-30(26(22)32)14-19-11-17(25(27)28)5-8-23(19)37-15-24(31)36-2/h3-8,11-13,22,29H,9-10,14-15H2,1-2H3,(H3,27,28). The van der Waals surface area contributed by atoms with E-state index in [0.717, 1.165) is 5.39 Å². The van der Waals surface area contributed by atoms with Gasteiger partial charge in [-0.15, -0.1) is 0 Å². The number of carbonyl (C=O) groups is 2. The van der Waals surface area contributed by atoms with Crippen LogP contribution in [-0.4, -0.2) is 64.4 Å². The van der Waals surface area contributed by atoms with Gasteiger partial charge in [0.1, 0.15) is 23.4 Å². The maximum Gasteiger partial charge on any atom is 0.343 e. The quantitative estimate of drug-likeness (QED) is 0.199. The average Bonchev–Trinajstić information content (AvgIpc) is 3.24. The lowest BCUT2D eigenvalue weighted by Crippen LogP contribution is -2.41. The first-order chi connectivity index (χ1) is 18.1. The number of ether oxygens (including phenoxy) is 3. The summed E-state index contributed by atoms with van der Waals surface area (Å²) in [5, 5.41) is 9.25. The van der Waals surface area contributed by atoms with E-state index in [0.29, 0.717) is 34.6 Å². The molecule has 0 saturated carbocycles. The highest BCUT2D eigenvalue weighted by molar-refractivity contribution is 7.89. The molecule has 1 aliphatic rings. The van der Waals surface area contributed by atoms with Crippen molar-refractivity contribution >= 4 is 38.5 Å². The van der Waals surface area contributed by atoms with Crippen LogP contribution in [0.4, 0.5) is 0 Å². The zero-order chi connectivity index (χ0) is 27.4. The van der Waals surface area contributed by atoms with Crippen molar-refractivity contribution in [1.29, 1.82) is 5.41 Å². The van der Waals surface area contributed by atoms with E-state index in [9.17, 15) is 18.0 Å². The van der Waals surface area contributed by atoms with Gasteiger partial charge in [-0.05, 0) is 59.7 Å². The van der Waals surface area contributed by atoms with E-state index in [1.54, 1.807) is 36.4 Å². The number of sulfonamides is 1. The van der Waals surface area contributed by atoms with Crippen LogP contribution in [0, 0.1) is 5.41 Å². The molecule has 1 atom stereocenters. The summed E-state index contributed by atoms with van der Waals surface area (Å²) >= 11 is 0. The van der Waals surface area contributed by atoms with Gasteiger partial charge < -0.3 is 24.8 Å². The van der Waals surface area contributed by atoms with E-state index < -0.39 is 27.9 Å². The number of rotatable bonds is 10. The highest BCUT2D eigenvalue weighted by Crippen LogP contribution is 2.27. The molecule has 0 spiro atoms. The SMILES string of the molecule is COC(=O)COc1ccc(C(=N)N)cc1CN1CCC(NS(=O)(=O)c2ccc3ccc(OC)cc3c2)C1=O. The Morgan fingerprint density at radius 1 is 1.11 bits per heavy atom. The first-order valence-electron chi connectivity index (χ1n) is 11.7. The lowest BCUT2D eigenvalue weighted by Gasteiger charge is -2.20.